The maximum atomic E-state index is 13.5. The van der Waals surface area contributed by atoms with Gasteiger partial charge in [0.25, 0.3) is 5.91 Å². The van der Waals surface area contributed by atoms with Gasteiger partial charge in [0.15, 0.2) is 0 Å². The van der Waals surface area contributed by atoms with E-state index in [1.54, 1.807) is 12.3 Å². The minimum absolute atomic E-state index is 0.0190. The molecule has 0 atom stereocenters. The normalized spacial score (nSPS) is 10.4. The van der Waals surface area contributed by atoms with Gasteiger partial charge in [-0.05, 0) is 25.1 Å². The third-order valence-electron chi connectivity index (χ3n) is 2.55. The molecule has 4 nitrogen and oxygen atoms in total. The predicted molar refractivity (Wildman–Crippen MR) is 68.6 cm³/mol. The molecule has 2 N–H and O–H groups in total. The molecule has 0 aliphatic carbocycles. The molecule has 0 radical (unpaired) electrons. The minimum atomic E-state index is -0.542. The monoisotopic (exact) mass is 311 g/mol. The zero-order chi connectivity index (χ0) is 13.1. The van der Waals surface area contributed by atoms with Gasteiger partial charge in [0.2, 0.25) is 0 Å². The number of hydrogen-bond donors (Lipinski definition) is 2. The van der Waals surface area contributed by atoms with Crippen molar-refractivity contribution in [3.63, 3.8) is 0 Å². The number of halogens is 2. The number of aryl methyl sites for hydroxylation is 1. The molecular formula is C12H11BrFN3O. The zero-order valence-corrected chi connectivity index (χ0v) is 11.2. The second kappa shape index (κ2) is 5.30. The number of carbonyl (C=O) groups excluding carboxylic acids is 1. The lowest BCUT2D eigenvalue weighted by Gasteiger charge is -2.06. The lowest BCUT2D eigenvalue weighted by molar-refractivity contribution is 0.0947. The Balaban J connectivity index is 2.08. The predicted octanol–water partition coefficient (Wildman–Crippen LogP) is 2.55. The first-order valence-corrected chi connectivity index (χ1v) is 6.09. The van der Waals surface area contributed by atoms with Crippen molar-refractivity contribution in [3.8, 4) is 0 Å². The number of H-pyrrole nitrogens is 1. The molecular weight excluding hydrogens is 301 g/mol. The Morgan fingerprint density at radius 3 is 3.00 bits per heavy atom. The highest BCUT2D eigenvalue weighted by atomic mass is 79.9. The van der Waals surface area contributed by atoms with E-state index in [-0.39, 0.29) is 5.56 Å². The smallest absolute Gasteiger partial charge is 0.254 e. The molecule has 0 aliphatic heterocycles. The number of nitrogens with one attached hydrogen (secondary N) is 2. The molecule has 94 valence electrons. The Labute approximate surface area is 112 Å². The van der Waals surface area contributed by atoms with Gasteiger partial charge in [-0.3, -0.25) is 9.89 Å². The van der Waals surface area contributed by atoms with E-state index in [0.717, 1.165) is 11.3 Å². The Kier molecular flexibility index (Phi) is 3.76. The molecule has 1 aromatic heterocycles. The van der Waals surface area contributed by atoms with Crippen LogP contribution in [0.2, 0.25) is 0 Å². The number of hydrogen-bond acceptors (Lipinski definition) is 2. The fourth-order valence-electron chi connectivity index (χ4n) is 1.50. The molecule has 0 bridgehead atoms. The number of nitrogens with zero attached hydrogens (tertiary/aromatic N) is 1. The zero-order valence-electron chi connectivity index (χ0n) is 9.63. The van der Waals surface area contributed by atoms with Gasteiger partial charge in [-0.2, -0.15) is 5.10 Å². The summed E-state index contributed by atoms with van der Waals surface area (Å²) in [5.74, 6) is -0.992. The number of carbonyl (C=O) groups is 1. The minimum Gasteiger partial charge on any atom is -0.348 e. The third-order valence-corrected chi connectivity index (χ3v) is 3.04. The van der Waals surface area contributed by atoms with Crippen molar-refractivity contribution in [2.24, 2.45) is 0 Å². The van der Waals surface area contributed by atoms with Crippen molar-refractivity contribution in [1.29, 1.82) is 0 Å². The fourth-order valence-corrected chi connectivity index (χ4v) is 1.86. The molecule has 0 unspecified atom stereocenters. The Hall–Kier alpha value is -1.69. The molecule has 0 saturated heterocycles. The van der Waals surface area contributed by atoms with Crippen LogP contribution in [0.5, 0.6) is 0 Å². The summed E-state index contributed by atoms with van der Waals surface area (Å²) in [6.07, 6.45) is 1.63. The van der Waals surface area contributed by atoms with Crippen molar-refractivity contribution in [3.05, 3.63) is 51.5 Å². The average Bonchev–Trinajstić information content (AvgIpc) is 2.75. The van der Waals surface area contributed by atoms with Crippen LogP contribution < -0.4 is 5.32 Å². The highest BCUT2D eigenvalue weighted by molar-refractivity contribution is 9.10. The van der Waals surface area contributed by atoms with E-state index in [1.807, 2.05) is 6.92 Å². The van der Waals surface area contributed by atoms with Crippen LogP contribution in [0.3, 0.4) is 0 Å². The van der Waals surface area contributed by atoms with Gasteiger partial charge in [0, 0.05) is 22.3 Å². The van der Waals surface area contributed by atoms with Gasteiger partial charge in [-0.25, -0.2) is 4.39 Å². The topological polar surface area (TPSA) is 57.8 Å². The molecule has 0 aliphatic rings. The first-order chi connectivity index (χ1) is 8.58. The van der Waals surface area contributed by atoms with Crippen molar-refractivity contribution in [2.75, 3.05) is 0 Å². The number of benzene rings is 1. The highest BCUT2D eigenvalue weighted by Crippen LogP contribution is 2.15. The highest BCUT2D eigenvalue weighted by Gasteiger charge is 2.12. The van der Waals surface area contributed by atoms with Crippen LogP contribution in [0.25, 0.3) is 0 Å². The molecule has 18 heavy (non-hydrogen) atoms. The van der Waals surface area contributed by atoms with E-state index in [4.69, 9.17) is 0 Å². The number of aromatic nitrogens is 2. The molecule has 2 aromatic rings. The van der Waals surface area contributed by atoms with Crippen LogP contribution in [0, 0.1) is 12.7 Å². The van der Waals surface area contributed by atoms with Crippen LogP contribution in [0.1, 0.15) is 21.6 Å². The summed E-state index contributed by atoms with van der Waals surface area (Å²) in [4.78, 5) is 11.8. The van der Waals surface area contributed by atoms with E-state index in [2.05, 4.69) is 31.4 Å². The average molecular weight is 312 g/mol. The summed E-state index contributed by atoms with van der Waals surface area (Å²) >= 11 is 3.20. The fraction of sp³-hybridized carbons (Fsp3) is 0.167. The van der Waals surface area contributed by atoms with Crippen molar-refractivity contribution < 1.29 is 9.18 Å². The van der Waals surface area contributed by atoms with Crippen LogP contribution >= 0.6 is 15.9 Å². The summed E-state index contributed by atoms with van der Waals surface area (Å²) in [5, 5.41) is 9.27. The summed E-state index contributed by atoms with van der Waals surface area (Å²) in [6.45, 7) is 2.17. The molecule has 1 amide bonds. The van der Waals surface area contributed by atoms with Gasteiger partial charge >= 0.3 is 0 Å². The van der Waals surface area contributed by atoms with E-state index in [9.17, 15) is 9.18 Å². The Morgan fingerprint density at radius 1 is 1.56 bits per heavy atom. The van der Waals surface area contributed by atoms with Gasteiger partial charge < -0.3 is 5.32 Å². The van der Waals surface area contributed by atoms with Gasteiger partial charge in [0.1, 0.15) is 5.82 Å². The molecule has 2 rings (SSSR count). The molecule has 1 heterocycles. The quantitative estimate of drug-likeness (QED) is 0.915. The van der Waals surface area contributed by atoms with E-state index in [1.165, 1.54) is 12.1 Å². The van der Waals surface area contributed by atoms with E-state index >= 15 is 0 Å². The molecule has 0 fully saturated rings. The summed E-state index contributed by atoms with van der Waals surface area (Å²) in [6, 6.07) is 4.25. The maximum Gasteiger partial charge on any atom is 0.254 e. The van der Waals surface area contributed by atoms with Gasteiger partial charge in [-0.15, -0.1) is 0 Å². The maximum absolute atomic E-state index is 13.5. The van der Waals surface area contributed by atoms with Crippen LogP contribution in [0.4, 0.5) is 4.39 Å². The van der Waals surface area contributed by atoms with Crippen LogP contribution in [0.15, 0.2) is 28.9 Å². The lowest BCUT2D eigenvalue weighted by atomic mass is 10.2. The third kappa shape index (κ3) is 2.76. The molecule has 6 heteroatoms. The Morgan fingerprint density at radius 2 is 2.33 bits per heavy atom. The molecule has 0 spiro atoms. The number of aromatic amines is 1. The number of rotatable bonds is 3. The summed E-state index contributed by atoms with van der Waals surface area (Å²) < 4.78 is 14.1. The van der Waals surface area contributed by atoms with Crippen molar-refractivity contribution in [1.82, 2.24) is 15.5 Å². The SMILES string of the molecule is Cc1[nH]ncc1CNC(=O)c1cc(Br)ccc1F. The first-order valence-electron chi connectivity index (χ1n) is 5.30. The standard InChI is InChI=1S/C12H11BrFN3O/c1-7-8(6-16-17-7)5-15-12(18)10-4-9(13)2-3-11(10)14/h2-4,6H,5H2,1H3,(H,15,18)(H,16,17). The van der Waals surface area contributed by atoms with Gasteiger partial charge in [0.05, 0.1) is 11.8 Å². The Bertz CT molecular complexity index is 582. The number of amides is 1. The van der Waals surface area contributed by atoms with Crippen LogP contribution in [-0.2, 0) is 6.54 Å². The van der Waals surface area contributed by atoms with E-state index in [0.29, 0.717) is 11.0 Å². The second-order valence-electron chi connectivity index (χ2n) is 3.83. The molecule has 1 aromatic carbocycles. The largest absolute Gasteiger partial charge is 0.348 e. The second-order valence-corrected chi connectivity index (χ2v) is 4.74. The van der Waals surface area contributed by atoms with Gasteiger partial charge in [-0.1, -0.05) is 15.9 Å². The lowest BCUT2D eigenvalue weighted by Crippen LogP contribution is -2.24. The van der Waals surface area contributed by atoms with Crippen molar-refractivity contribution >= 4 is 21.8 Å². The molecule has 0 saturated carbocycles. The summed E-state index contributed by atoms with van der Waals surface area (Å²) in [7, 11) is 0. The summed E-state index contributed by atoms with van der Waals surface area (Å²) in [5.41, 5.74) is 1.77. The van der Waals surface area contributed by atoms with E-state index < -0.39 is 11.7 Å². The first kappa shape index (κ1) is 12.8. The van der Waals surface area contributed by atoms with Crippen LogP contribution in [-0.4, -0.2) is 16.1 Å². The van der Waals surface area contributed by atoms with Crippen molar-refractivity contribution in [2.45, 2.75) is 13.5 Å².